The number of sulfonamides is 1. The molecule has 2 N–H and O–H groups in total. The molecule has 0 aliphatic carbocycles. The van der Waals surface area contributed by atoms with Gasteiger partial charge in [-0.1, -0.05) is 20.8 Å². The molecule has 10 heteroatoms. The lowest BCUT2D eigenvalue weighted by molar-refractivity contribution is -0.123. The van der Waals surface area contributed by atoms with Crippen LogP contribution in [-0.2, 0) is 19.6 Å². The van der Waals surface area contributed by atoms with Crippen molar-refractivity contribution in [3.05, 3.63) is 0 Å². The van der Waals surface area contributed by atoms with Gasteiger partial charge in [0.15, 0.2) is 0 Å². The third-order valence-corrected chi connectivity index (χ3v) is 3.92. The molecule has 0 aliphatic heterocycles. The molecule has 1 atom stereocenters. The number of anilines is 2. The first-order chi connectivity index (χ1) is 9.55. The highest BCUT2D eigenvalue weighted by Crippen LogP contribution is 2.21. The van der Waals surface area contributed by atoms with E-state index in [4.69, 9.17) is 4.74 Å². The van der Waals surface area contributed by atoms with E-state index in [9.17, 15) is 13.2 Å². The zero-order valence-electron chi connectivity index (χ0n) is 12.6. The Morgan fingerprint density at radius 3 is 2.43 bits per heavy atom. The van der Waals surface area contributed by atoms with E-state index in [1.54, 1.807) is 27.7 Å². The second-order valence-electron chi connectivity index (χ2n) is 5.60. The van der Waals surface area contributed by atoms with Crippen molar-refractivity contribution in [2.24, 2.45) is 5.41 Å². The molecular formula is C11H20N4O5S. The van der Waals surface area contributed by atoms with Gasteiger partial charge in [-0.05, 0) is 17.2 Å². The quantitative estimate of drug-likeness (QED) is 0.795. The lowest BCUT2D eigenvalue weighted by atomic mass is 9.96. The predicted molar refractivity (Wildman–Crippen MR) is 76.3 cm³/mol. The van der Waals surface area contributed by atoms with Gasteiger partial charge in [0.05, 0.1) is 11.9 Å². The molecule has 1 amide bonds. The Morgan fingerprint density at radius 1 is 1.33 bits per heavy atom. The highest BCUT2D eigenvalue weighted by molar-refractivity contribution is 7.92. The molecule has 0 saturated carbocycles. The SMILES string of the molecule is CO[C@@H](C)CS(=O)(=O)Nc1nonc1NC(=O)C(C)(C)C. The van der Waals surface area contributed by atoms with Gasteiger partial charge in [-0.3, -0.25) is 9.52 Å². The van der Waals surface area contributed by atoms with E-state index in [1.165, 1.54) is 7.11 Å². The molecule has 0 unspecified atom stereocenters. The number of hydrogen-bond donors (Lipinski definition) is 2. The van der Waals surface area contributed by atoms with Crippen molar-refractivity contribution >= 4 is 27.6 Å². The number of aromatic nitrogens is 2. The van der Waals surface area contributed by atoms with E-state index < -0.39 is 21.5 Å². The van der Waals surface area contributed by atoms with E-state index >= 15 is 0 Å². The van der Waals surface area contributed by atoms with Crippen LogP contribution in [0.5, 0.6) is 0 Å². The first-order valence-electron chi connectivity index (χ1n) is 6.22. The first-order valence-corrected chi connectivity index (χ1v) is 7.87. The Balaban J connectivity index is 2.83. The summed E-state index contributed by atoms with van der Waals surface area (Å²) in [5.41, 5.74) is -0.667. The summed E-state index contributed by atoms with van der Waals surface area (Å²) in [5, 5.41) is 9.37. The van der Waals surface area contributed by atoms with Crippen molar-refractivity contribution in [3.8, 4) is 0 Å². The van der Waals surface area contributed by atoms with Gasteiger partial charge in [-0.25, -0.2) is 13.0 Å². The second-order valence-corrected chi connectivity index (χ2v) is 7.36. The number of nitrogens with zero attached hydrogens (tertiary/aromatic N) is 2. The fraction of sp³-hybridized carbons (Fsp3) is 0.727. The van der Waals surface area contributed by atoms with Crippen LogP contribution >= 0.6 is 0 Å². The van der Waals surface area contributed by atoms with Crippen LogP contribution in [0.2, 0.25) is 0 Å². The molecule has 0 saturated heterocycles. The maximum absolute atomic E-state index is 11.9. The largest absolute Gasteiger partial charge is 0.381 e. The third kappa shape index (κ3) is 5.31. The zero-order chi connectivity index (χ0) is 16.3. The second kappa shape index (κ2) is 6.39. The molecule has 21 heavy (non-hydrogen) atoms. The van der Waals surface area contributed by atoms with Crippen LogP contribution in [0, 0.1) is 5.41 Å². The molecule has 1 aromatic heterocycles. The summed E-state index contributed by atoms with van der Waals surface area (Å²) in [6.07, 6.45) is -0.491. The lowest BCUT2D eigenvalue weighted by Gasteiger charge is -2.16. The fourth-order valence-electron chi connectivity index (χ4n) is 1.20. The van der Waals surface area contributed by atoms with Gasteiger partial charge >= 0.3 is 0 Å². The molecule has 0 bridgehead atoms. The topological polar surface area (TPSA) is 123 Å². The number of methoxy groups -OCH3 is 1. The van der Waals surface area contributed by atoms with Crippen molar-refractivity contribution in [1.82, 2.24) is 10.3 Å². The van der Waals surface area contributed by atoms with Crippen molar-refractivity contribution < 1.29 is 22.6 Å². The smallest absolute Gasteiger partial charge is 0.236 e. The number of carbonyl (C=O) groups is 1. The number of ether oxygens (including phenoxy) is 1. The van der Waals surface area contributed by atoms with Crippen molar-refractivity contribution in [2.45, 2.75) is 33.8 Å². The average molecular weight is 320 g/mol. The normalized spacial score (nSPS) is 13.8. The van der Waals surface area contributed by atoms with E-state index in [1.807, 2.05) is 0 Å². The van der Waals surface area contributed by atoms with Gasteiger partial charge in [0.1, 0.15) is 0 Å². The lowest BCUT2D eigenvalue weighted by Crippen LogP contribution is -2.29. The van der Waals surface area contributed by atoms with E-state index in [0.29, 0.717) is 0 Å². The predicted octanol–water partition coefficient (Wildman–Crippen LogP) is 0.831. The monoisotopic (exact) mass is 320 g/mol. The average Bonchev–Trinajstić information content (AvgIpc) is 2.73. The van der Waals surface area contributed by atoms with Crippen LogP contribution in [0.1, 0.15) is 27.7 Å². The van der Waals surface area contributed by atoms with Gasteiger partial charge in [0, 0.05) is 12.5 Å². The number of nitrogens with one attached hydrogen (secondary N) is 2. The molecule has 0 radical (unpaired) electrons. The van der Waals surface area contributed by atoms with Crippen LogP contribution < -0.4 is 10.0 Å². The van der Waals surface area contributed by atoms with Crippen LogP contribution in [0.25, 0.3) is 0 Å². The maximum Gasteiger partial charge on any atom is 0.236 e. The summed E-state index contributed by atoms with van der Waals surface area (Å²) >= 11 is 0. The summed E-state index contributed by atoms with van der Waals surface area (Å²) < 4.78 is 35.3. The zero-order valence-corrected chi connectivity index (χ0v) is 13.4. The molecule has 1 heterocycles. The fourth-order valence-corrected chi connectivity index (χ4v) is 2.46. The van der Waals surface area contributed by atoms with Gasteiger partial charge in [0.2, 0.25) is 27.6 Å². The van der Waals surface area contributed by atoms with Gasteiger partial charge in [0.25, 0.3) is 0 Å². The summed E-state index contributed by atoms with van der Waals surface area (Å²) in [4.78, 5) is 11.9. The van der Waals surface area contributed by atoms with Crippen molar-refractivity contribution in [3.63, 3.8) is 0 Å². The summed E-state index contributed by atoms with van der Waals surface area (Å²) in [6.45, 7) is 6.74. The number of rotatable bonds is 6. The van der Waals surface area contributed by atoms with Crippen LogP contribution in [-0.4, -0.2) is 43.6 Å². The van der Waals surface area contributed by atoms with E-state index in [-0.39, 0.29) is 23.3 Å². The Kier molecular flexibility index (Phi) is 5.29. The summed E-state index contributed by atoms with van der Waals surface area (Å²) in [7, 11) is -2.29. The number of carbonyl (C=O) groups excluding carboxylic acids is 1. The van der Waals surface area contributed by atoms with E-state index in [2.05, 4.69) is 25.0 Å². The Hall–Kier alpha value is -1.68. The van der Waals surface area contributed by atoms with Crippen LogP contribution in [0.4, 0.5) is 11.6 Å². The number of hydrogen-bond acceptors (Lipinski definition) is 7. The molecular weight excluding hydrogens is 300 g/mol. The Morgan fingerprint density at radius 2 is 1.90 bits per heavy atom. The van der Waals surface area contributed by atoms with Gasteiger partial charge in [-0.15, -0.1) is 0 Å². The molecule has 0 spiro atoms. The summed E-state index contributed by atoms with van der Waals surface area (Å²) in [6, 6.07) is 0. The molecule has 1 aromatic rings. The Bertz CT molecular complexity index is 590. The number of amides is 1. The molecule has 1 rings (SSSR count). The van der Waals surface area contributed by atoms with E-state index in [0.717, 1.165) is 0 Å². The first kappa shape index (κ1) is 17.4. The minimum atomic E-state index is -3.70. The van der Waals surface area contributed by atoms with Crippen LogP contribution in [0.15, 0.2) is 4.63 Å². The van der Waals surface area contributed by atoms with Crippen molar-refractivity contribution in [2.75, 3.05) is 22.9 Å². The molecule has 9 nitrogen and oxygen atoms in total. The standard InChI is InChI=1S/C11H20N4O5S/c1-7(19-5)6-21(17,18)15-9-8(13-20-14-9)12-10(16)11(2,3)4/h7H,6H2,1-5H3,(H,14,15)(H,12,13,16)/t7-/m0/s1. The molecule has 120 valence electrons. The molecule has 0 aromatic carbocycles. The van der Waals surface area contributed by atoms with Gasteiger partial charge < -0.3 is 10.1 Å². The Labute approximate surface area is 123 Å². The minimum Gasteiger partial charge on any atom is -0.381 e. The van der Waals surface area contributed by atoms with Crippen molar-refractivity contribution in [1.29, 1.82) is 0 Å². The molecule has 0 fully saturated rings. The van der Waals surface area contributed by atoms with Crippen LogP contribution in [0.3, 0.4) is 0 Å². The maximum atomic E-state index is 11.9. The summed E-state index contributed by atoms with van der Waals surface area (Å²) in [5.74, 6) is -0.855. The highest BCUT2D eigenvalue weighted by atomic mass is 32.2. The van der Waals surface area contributed by atoms with Gasteiger partial charge in [-0.2, -0.15) is 0 Å². The highest BCUT2D eigenvalue weighted by Gasteiger charge is 2.26. The minimum absolute atomic E-state index is 0.0800. The third-order valence-electron chi connectivity index (χ3n) is 2.51. The molecule has 0 aliphatic rings.